The minimum Gasteiger partial charge on any atom is -0.333 e. The van der Waals surface area contributed by atoms with E-state index in [1.54, 1.807) is 23.1 Å². The van der Waals surface area contributed by atoms with E-state index in [4.69, 9.17) is 0 Å². The maximum atomic E-state index is 12.9. The number of hydrogen-bond acceptors (Lipinski definition) is 4. The minimum absolute atomic E-state index is 0.234. The summed E-state index contributed by atoms with van der Waals surface area (Å²) in [5.41, 5.74) is 3.44. The van der Waals surface area contributed by atoms with Gasteiger partial charge < -0.3 is 4.90 Å². The molecule has 3 nitrogen and oxygen atoms in total. The second-order valence-electron chi connectivity index (χ2n) is 7.06. The van der Waals surface area contributed by atoms with Crippen LogP contribution in [0.2, 0.25) is 0 Å². The summed E-state index contributed by atoms with van der Waals surface area (Å²) in [6.07, 6.45) is 1.49. The highest BCUT2D eigenvalue weighted by molar-refractivity contribution is 8.01. The number of amides is 1. The number of thioether (sulfide) groups is 1. The molecule has 0 radical (unpaired) electrons. The van der Waals surface area contributed by atoms with Crippen molar-refractivity contribution in [2.24, 2.45) is 0 Å². The summed E-state index contributed by atoms with van der Waals surface area (Å²) in [7, 11) is 0. The highest BCUT2D eigenvalue weighted by atomic mass is 32.2. The summed E-state index contributed by atoms with van der Waals surface area (Å²) in [5, 5.41) is 0. The Morgan fingerprint density at radius 3 is 2.81 bits per heavy atom. The maximum Gasteiger partial charge on any atom is 0.224 e. The van der Waals surface area contributed by atoms with Gasteiger partial charge in [0.05, 0.1) is 15.8 Å². The molecule has 1 aliphatic rings. The molecular weight excluding hydrogens is 360 g/mol. The standard InChI is InChI=1S/C21H22N2OS2/c1-21(2)16-8-4-3-7-15(16)11-13-23(21)19(24)12-14-25-20-22-17-9-5-6-10-18(17)26-20/h3-10H,11-14H2,1-2H3. The van der Waals surface area contributed by atoms with E-state index in [-0.39, 0.29) is 11.4 Å². The molecule has 1 amide bonds. The smallest absolute Gasteiger partial charge is 0.224 e. The molecule has 0 N–H and O–H groups in total. The Labute approximate surface area is 162 Å². The van der Waals surface area contributed by atoms with Crippen molar-refractivity contribution >= 4 is 39.2 Å². The van der Waals surface area contributed by atoms with Crippen LogP contribution in [0.3, 0.4) is 0 Å². The number of rotatable bonds is 4. The SMILES string of the molecule is CC1(C)c2ccccc2CCN1C(=O)CCSc1nc2ccccc2s1. The fourth-order valence-electron chi connectivity index (χ4n) is 3.70. The zero-order chi connectivity index (χ0) is 18.1. The first-order valence-corrected chi connectivity index (χ1v) is 10.7. The van der Waals surface area contributed by atoms with Gasteiger partial charge in [0.25, 0.3) is 0 Å². The van der Waals surface area contributed by atoms with Crippen LogP contribution in [0.1, 0.15) is 31.4 Å². The summed E-state index contributed by atoms with van der Waals surface area (Å²) in [6.45, 7) is 5.11. The van der Waals surface area contributed by atoms with Crippen LogP contribution in [-0.2, 0) is 16.8 Å². The number of carbonyl (C=O) groups is 1. The molecule has 0 unspecified atom stereocenters. The molecule has 26 heavy (non-hydrogen) atoms. The first-order chi connectivity index (χ1) is 12.6. The van der Waals surface area contributed by atoms with Gasteiger partial charge in [-0.25, -0.2) is 4.98 Å². The van der Waals surface area contributed by atoms with Crippen molar-refractivity contribution in [3.8, 4) is 0 Å². The lowest BCUT2D eigenvalue weighted by Crippen LogP contribution is -2.50. The van der Waals surface area contributed by atoms with Crippen molar-refractivity contribution < 1.29 is 4.79 Å². The monoisotopic (exact) mass is 382 g/mol. The van der Waals surface area contributed by atoms with E-state index in [1.807, 2.05) is 23.1 Å². The van der Waals surface area contributed by atoms with E-state index in [1.165, 1.54) is 15.8 Å². The molecule has 0 saturated heterocycles. The Hall–Kier alpha value is -1.85. The lowest BCUT2D eigenvalue weighted by atomic mass is 9.83. The first-order valence-electron chi connectivity index (χ1n) is 8.93. The molecule has 2 heterocycles. The first kappa shape index (κ1) is 17.6. The fraction of sp³-hybridized carbons (Fsp3) is 0.333. The Bertz CT molecular complexity index is 915. The van der Waals surface area contributed by atoms with Crippen molar-refractivity contribution in [2.75, 3.05) is 12.3 Å². The second-order valence-corrected chi connectivity index (χ2v) is 9.43. The topological polar surface area (TPSA) is 33.2 Å². The summed E-state index contributed by atoms with van der Waals surface area (Å²) in [4.78, 5) is 19.6. The van der Waals surface area contributed by atoms with Gasteiger partial charge in [-0.15, -0.1) is 11.3 Å². The van der Waals surface area contributed by atoms with Crippen LogP contribution in [0, 0.1) is 0 Å². The molecule has 1 aromatic heterocycles. The van der Waals surface area contributed by atoms with Crippen LogP contribution < -0.4 is 0 Å². The van der Waals surface area contributed by atoms with Crippen molar-refractivity contribution in [1.29, 1.82) is 0 Å². The van der Waals surface area contributed by atoms with Crippen molar-refractivity contribution in [2.45, 2.75) is 36.6 Å². The average Bonchev–Trinajstić information content (AvgIpc) is 3.04. The molecule has 2 aromatic carbocycles. The molecule has 4 rings (SSSR count). The molecule has 0 bridgehead atoms. The summed E-state index contributed by atoms with van der Waals surface area (Å²) >= 11 is 3.39. The highest BCUT2D eigenvalue weighted by Gasteiger charge is 2.36. The lowest BCUT2D eigenvalue weighted by Gasteiger charge is -2.44. The van der Waals surface area contributed by atoms with Crippen LogP contribution in [0.5, 0.6) is 0 Å². The van der Waals surface area contributed by atoms with Crippen molar-refractivity contribution in [1.82, 2.24) is 9.88 Å². The Morgan fingerprint density at radius 2 is 1.96 bits per heavy atom. The van der Waals surface area contributed by atoms with E-state index >= 15 is 0 Å². The van der Waals surface area contributed by atoms with Gasteiger partial charge >= 0.3 is 0 Å². The molecule has 5 heteroatoms. The number of fused-ring (bicyclic) bond motifs is 2. The van der Waals surface area contributed by atoms with Gasteiger partial charge in [0.15, 0.2) is 4.34 Å². The summed E-state index contributed by atoms with van der Waals surface area (Å²) in [5.74, 6) is 1.01. The molecule has 0 aliphatic carbocycles. The van der Waals surface area contributed by atoms with Crippen LogP contribution in [-0.4, -0.2) is 28.1 Å². The van der Waals surface area contributed by atoms with Crippen LogP contribution in [0.15, 0.2) is 52.9 Å². The summed E-state index contributed by atoms with van der Waals surface area (Å²) < 4.78 is 2.25. The fourth-order valence-corrected chi connectivity index (χ4v) is 5.77. The highest BCUT2D eigenvalue weighted by Crippen LogP contribution is 2.36. The zero-order valence-electron chi connectivity index (χ0n) is 15.1. The Morgan fingerprint density at radius 1 is 1.19 bits per heavy atom. The van der Waals surface area contributed by atoms with Crippen molar-refractivity contribution in [3.63, 3.8) is 0 Å². The quantitative estimate of drug-likeness (QED) is 0.589. The molecule has 1 aliphatic heterocycles. The van der Waals surface area contributed by atoms with Gasteiger partial charge in [0.2, 0.25) is 5.91 Å². The number of nitrogens with zero attached hydrogens (tertiary/aromatic N) is 2. The second kappa shape index (κ2) is 7.05. The van der Waals surface area contributed by atoms with Crippen LogP contribution >= 0.6 is 23.1 Å². The van der Waals surface area contributed by atoms with E-state index in [9.17, 15) is 4.79 Å². The normalized spacial score (nSPS) is 15.8. The Balaban J connectivity index is 1.40. The number of carbonyl (C=O) groups excluding carboxylic acids is 1. The number of thiazole rings is 1. The average molecular weight is 383 g/mol. The molecular formula is C21H22N2OS2. The van der Waals surface area contributed by atoms with E-state index in [0.717, 1.165) is 28.6 Å². The number of aromatic nitrogens is 1. The third-order valence-electron chi connectivity index (χ3n) is 5.07. The van der Waals surface area contributed by atoms with Crippen molar-refractivity contribution in [3.05, 3.63) is 59.7 Å². The zero-order valence-corrected chi connectivity index (χ0v) is 16.7. The van der Waals surface area contributed by atoms with E-state index in [2.05, 4.69) is 49.2 Å². The van der Waals surface area contributed by atoms with Gasteiger partial charge in [0, 0.05) is 18.7 Å². The van der Waals surface area contributed by atoms with E-state index < -0.39 is 0 Å². The third kappa shape index (κ3) is 3.26. The van der Waals surface area contributed by atoms with Gasteiger partial charge in [0.1, 0.15) is 0 Å². The molecule has 0 atom stereocenters. The molecule has 3 aromatic rings. The number of para-hydroxylation sites is 1. The minimum atomic E-state index is -0.244. The molecule has 0 fully saturated rings. The molecule has 134 valence electrons. The Kier molecular flexibility index (Phi) is 4.76. The van der Waals surface area contributed by atoms with Gasteiger partial charge in [-0.1, -0.05) is 48.2 Å². The molecule has 0 saturated carbocycles. The number of benzene rings is 2. The molecule has 0 spiro atoms. The predicted octanol–water partition coefficient (Wildman–Crippen LogP) is 5.10. The van der Waals surface area contributed by atoms with E-state index in [0.29, 0.717) is 6.42 Å². The third-order valence-corrected chi connectivity index (χ3v) is 7.25. The van der Waals surface area contributed by atoms with Gasteiger partial charge in [-0.3, -0.25) is 4.79 Å². The lowest BCUT2D eigenvalue weighted by molar-refractivity contribution is -0.137. The van der Waals surface area contributed by atoms with Crippen LogP contribution in [0.4, 0.5) is 0 Å². The largest absolute Gasteiger partial charge is 0.333 e. The van der Waals surface area contributed by atoms with Gasteiger partial charge in [-0.05, 0) is 43.5 Å². The van der Waals surface area contributed by atoms with Gasteiger partial charge in [-0.2, -0.15) is 0 Å². The van der Waals surface area contributed by atoms with Crippen LogP contribution in [0.25, 0.3) is 10.2 Å². The maximum absolute atomic E-state index is 12.9. The predicted molar refractivity (Wildman–Crippen MR) is 110 cm³/mol. The number of hydrogen-bond donors (Lipinski definition) is 0. The summed E-state index contributed by atoms with van der Waals surface area (Å²) in [6, 6.07) is 16.7.